The second-order valence-corrected chi connectivity index (χ2v) is 4.98. The molecule has 2 aromatic rings. The van der Waals surface area contributed by atoms with Gasteiger partial charge in [0.1, 0.15) is 17.3 Å². The molecule has 0 atom stereocenters. The van der Waals surface area contributed by atoms with Gasteiger partial charge in [-0.15, -0.1) is 0 Å². The first kappa shape index (κ1) is 14.8. The molecule has 0 fully saturated rings. The Morgan fingerprint density at radius 1 is 1.29 bits per heavy atom. The number of aromatic nitrogens is 2. The van der Waals surface area contributed by atoms with Crippen molar-refractivity contribution in [3.05, 3.63) is 55.5 Å². The Balaban J connectivity index is 2.31. The molecule has 4 N–H and O–H groups in total. The van der Waals surface area contributed by atoms with Gasteiger partial charge in [0.25, 0.3) is 5.56 Å². The smallest absolute Gasteiger partial charge is 0.329 e. The molecule has 21 heavy (non-hydrogen) atoms. The number of nitrogens with one attached hydrogen (secondary N) is 2. The van der Waals surface area contributed by atoms with Gasteiger partial charge in [0.15, 0.2) is 0 Å². The molecule has 0 unspecified atom stereocenters. The highest BCUT2D eigenvalue weighted by Gasteiger charge is 2.10. The van der Waals surface area contributed by atoms with Crippen LogP contribution in [0.1, 0.15) is 16.7 Å². The van der Waals surface area contributed by atoms with Gasteiger partial charge < -0.3 is 11.1 Å². The van der Waals surface area contributed by atoms with Gasteiger partial charge in [-0.3, -0.25) is 14.3 Å². The van der Waals surface area contributed by atoms with Gasteiger partial charge in [0.2, 0.25) is 0 Å². The third-order valence-electron chi connectivity index (χ3n) is 3.34. The SMILES string of the molecule is Cc1cc(CNc2c(N)n(C)c(=O)[nH]c2=O)cc(C)c1F. The number of hydrogen-bond acceptors (Lipinski definition) is 4. The monoisotopic (exact) mass is 292 g/mol. The van der Waals surface area contributed by atoms with E-state index in [1.807, 2.05) is 0 Å². The Hall–Kier alpha value is -2.57. The van der Waals surface area contributed by atoms with Crippen molar-refractivity contribution in [2.75, 3.05) is 11.1 Å². The molecule has 7 heteroatoms. The summed E-state index contributed by atoms with van der Waals surface area (Å²) in [6, 6.07) is 3.39. The van der Waals surface area contributed by atoms with Crippen molar-refractivity contribution >= 4 is 11.5 Å². The molecule has 1 heterocycles. The topological polar surface area (TPSA) is 92.9 Å². The molecular formula is C14H17FN4O2. The second-order valence-electron chi connectivity index (χ2n) is 4.98. The molecule has 0 saturated heterocycles. The van der Waals surface area contributed by atoms with Crippen LogP contribution < -0.4 is 22.3 Å². The fourth-order valence-electron chi connectivity index (χ4n) is 2.14. The van der Waals surface area contributed by atoms with E-state index in [9.17, 15) is 14.0 Å². The second kappa shape index (κ2) is 5.43. The number of aromatic amines is 1. The number of hydrogen-bond donors (Lipinski definition) is 3. The molecule has 0 aliphatic rings. The van der Waals surface area contributed by atoms with Crippen molar-refractivity contribution in [2.24, 2.45) is 7.05 Å². The first-order chi connectivity index (χ1) is 9.81. The lowest BCUT2D eigenvalue weighted by molar-refractivity contribution is 0.608. The standard InChI is InChI=1S/C14H17FN4O2/c1-7-4-9(5-8(2)10(7)15)6-17-11-12(16)19(3)14(21)18-13(11)20/h4-5,17H,6,16H2,1-3H3,(H,18,20,21). The zero-order valence-corrected chi connectivity index (χ0v) is 12.1. The van der Waals surface area contributed by atoms with Crippen LogP contribution in [0.15, 0.2) is 21.7 Å². The summed E-state index contributed by atoms with van der Waals surface area (Å²) < 4.78 is 14.7. The number of nitrogens with two attached hydrogens (primary N) is 1. The number of nitrogens with zero attached hydrogens (tertiary/aromatic N) is 1. The normalized spacial score (nSPS) is 10.7. The van der Waals surface area contributed by atoms with Crippen LogP contribution in [0.3, 0.4) is 0 Å². The third-order valence-corrected chi connectivity index (χ3v) is 3.34. The third kappa shape index (κ3) is 2.81. The fourth-order valence-corrected chi connectivity index (χ4v) is 2.14. The summed E-state index contributed by atoms with van der Waals surface area (Å²) in [6.07, 6.45) is 0. The lowest BCUT2D eigenvalue weighted by Crippen LogP contribution is -2.32. The number of aryl methyl sites for hydroxylation is 2. The van der Waals surface area contributed by atoms with Gasteiger partial charge in [-0.2, -0.15) is 0 Å². The molecule has 0 aliphatic carbocycles. The van der Waals surface area contributed by atoms with Crippen molar-refractivity contribution in [3.63, 3.8) is 0 Å². The summed E-state index contributed by atoms with van der Waals surface area (Å²) in [4.78, 5) is 25.3. The molecule has 0 radical (unpaired) electrons. The van der Waals surface area contributed by atoms with Gasteiger partial charge >= 0.3 is 5.69 Å². The lowest BCUT2D eigenvalue weighted by atomic mass is 10.1. The molecule has 0 aliphatic heterocycles. The maximum Gasteiger partial charge on any atom is 0.329 e. The van der Waals surface area contributed by atoms with E-state index in [0.717, 1.165) is 10.1 Å². The first-order valence-electron chi connectivity index (χ1n) is 6.39. The van der Waals surface area contributed by atoms with Crippen molar-refractivity contribution in [1.29, 1.82) is 0 Å². The average molecular weight is 292 g/mol. The minimum absolute atomic E-state index is 0.0549. The molecule has 1 aromatic heterocycles. The zero-order valence-electron chi connectivity index (χ0n) is 12.1. The zero-order chi connectivity index (χ0) is 15.7. The Bertz CT molecular complexity index is 785. The number of halogens is 1. The highest BCUT2D eigenvalue weighted by Crippen LogP contribution is 2.16. The van der Waals surface area contributed by atoms with Crippen LogP contribution in [0.25, 0.3) is 0 Å². The van der Waals surface area contributed by atoms with Crippen molar-refractivity contribution < 1.29 is 4.39 Å². The first-order valence-corrected chi connectivity index (χ1v) is 6.39. The number of rotatable bonds is 3. The van der Waals surface area contributed by atoms with Crippen molar-refractivity contribution in [2.45, 2.75) is 20.4 Å². The summed E-state index contributed by atoms with van der Waals surface area (Å²) in [5.74, 6) is -0.183. The predicted octanol–water partition coefficient (Wildman–Crippen LogP) is 1.02. The van der Waals surface area contributed by atoms with Crippen LogP contribution in [0.4, 0.5) is 15.9 Å². The van der Waals surface area contributed by atoms with E-state index in [2.05, 4.69) is 10.3 Å². The van der Waals surface area contributed by atoms with Crippen LogP contribution in [-0.2, 0) is 13.6 Å². The molecule has 1 aromatic carbocycles. The van der Waals surface area contributed by atoms with Crippen LogP contribution in [-0.4, -0.2) is 9.55 Å². The molecule has 0 spiro atoms. The predicted molar refractivity (Wildman–Crippen MR) is 79.9 cm³/mol. The van der Waals surface area contributed by atoms with Crippen LogP contribution in [0.5, 0.6) is 0 Å². The van der Waals surface area contributed by atoms with E-state index in [4.69, 9.17) is 5.73 Å². The van der Waals surface area contributed by atoms with Crippen LogP contribution in [0, 0.1) is 19.7 Å². The Labute approximate surface area is 120 Å². The number of anilines is 2. The lowest BCUT2D eigenvalue weighted by Gasteiger charge is -2.12. The summed E-state index contributed by atoms with van der Waals surface area (Å²) in [7, 11) is 1.46. The quantitative estimate of drug-likeness (QED) is 0.787. The van der Waals surface area contributed by atoms with E-state index < -0.39 is 11.2 Å². The van der Waals surface area contributed by atoms with E-state index in [1.165, 1.54) is 7.05 Å². The Morgan fingerprint density at radius 3 is 2.43 bits per heavy atom. The summed E-state index contributed by atoms with van der Waals surface area (Å²) in [5.41, 5.74) is 6.62. The number of H-pyrrole nitrogens is 1. The van der Waals surface area contributed by atoms with Gasteiger partial charge in [0.05, 0.1) is 0 Å². The molecule has 0 saturated carbocycles. The average Bonchev–Trinajstić information content (AvgIpc) is 2.42. The van der Waals surface area contributed by atoms with E-state index in [0.29, 0.717) is 17.7 Å². The molecule has 0 bridgehead atoms. The van der Waals surface area contributed by atoms with Crippen LogP contribution in [0.2, 0.25) is 0 Å². The van der Waals surface area contributed by atoms with Gasteiger partial charge in [-0.05, 0) is 30.5 Å². The fraction of sp³-hybridized carbons (Fsp3) is 0.286. The highest BCUT2D eigenvalue weighted by atomic mass is 19.1. The largest absolute Gasteiger partial charge is 0.383 e. The van der Waals surface area contributed by atoms with Crippen molar-refractivity contribution in [3.8, 4) is 0 Å². The molecule has 2 rings (SSSR count). The number of benzene rings is 1. The van der Waals surface area contributed by atoms with E-state index >= 15 is 0 Å². The van der Waals surface area contributed by atoms with Gasteiger partial charge in [0, 0.05) is 13.6 Å². The number of nitrogen functional groups attached to an aromatic ring is 1. The van der Waals surface area contributed by atoms with E-state index in [-0.39, 0.29) is 17.3 Å². The minimum atomic E-state index is -0.578. The van der Waals surface area contributed by atoms with Crippen LogP contribution >= 0.6 is 0 Å². The Kier molecular flexibility index (Phi) is 3.84. The summed E-state index contributed by atoms with van der Waals surface area (Å²) >= 11 is 0. The Morgan fingerprint density at radius 2 is 1.86 bits per heavy atom. The van der Waals surface area contributed by atoms with E-state index in [1.54, 1.807) is 26.0 Å². The van der Waals surface area contributed by atoms with Crippen molar-refractivity contribution in [1.82, 2.24) is 9.55 Å². The van der Waals surface area contributed by atoms with Gasteiger partial charge in [-0.25, -0.2) is 9.18 Å². The highest BCUT2D eigenvalue weighted by molar-refractivity contribution is 5.60. The summed E-state index contributed by atoms with van der Waals surface area (Å²) in [6.45, 7) is 3.66. The summed E-state index contributed by atoms with van der Waals surface area (Å²) in [5, 5.41) is 2.89. The molecular weight excluding hydrogens is 275 g/mol. The maximum absolute atomic E-state index is 13.6. The molecule has 0 amide bonds. The molecule has 112 valence electrons. The van der Waals surface area contributed by atoms with Gasteiger partial charge in [-0.1, -0.05) is 12.1 Å². The maximum atomic E-state index is 13.6. The molecule has 6 nitrogen and oxygen atoms in total. The minimum Gasteiger partial charge on any atom is -0.383 e.